The van der Waals surface area contributed by atoms with Gasteiger partial charge in [0.1, 0.15) is 0 Å². The number of thioether (sulfide) groups is 1. The maximum atomic E-state index is 12.3. The Kier molecular flexibility index (Phi) is 5.57. The minimum atomic E-state index is -0.843. The number of rotatable bonds is 5. The zero-order chi connectivity index (χ0) is 17.0. The molecule has 1 aliphatic heterocycles. The van der Waals surface area contributed by atoms with E-state index in [1.807, 2.05) is 19.1 Å². The average Bonchev–Trinajstić information content (AvgIpc) is 2.92. The molecule has 0 bridgehead atoms. The Morgan fingerprint density at radius 1 is 1.39 bits per heavy atom. The largest absolute Gasteiger partial charge is 0.481 e. The van der Waals surface area contributed by atoms with Crippen LogP contribution in [0.25, 0.3) is 0 Å². The Morgan fingerprint density at radius 3 is 2.57 bits per heavy atom. The fraction of sp³-hybridized carbons (Fsp3) is 0.529. The normalized spacial score (nSPS) is 22.0. The van der Waals surface area contributed by atoms with Gasteiger partial charge in [-0.05, 0) is 43.7 Å². The van der Waals surface area contributed by atoms with Crippen molar-refractivity contribution in [3.8, 4) is 0 Å². The topological polar surface area (TPSA) is 69.6 Å². The van der Waals surface area contributed by atoms with E-state index in [2.05, 4.69) is 24.4 Å². The number of nitrogens with zero attached hydrogens (tertiary/aromatic N) is 1. The van der Waals surface area contributed by atoms with E-state index in [9.17, 15) is 14.7 Å². The molecule has 5 nitrogen and oxygen atoms in total. The van der Waals surface area contributed by atoms with Gasteiger partial charge in [0.25, 0.3) is 0 Å². The van der Waals surface area contributed by atoms with Crippen molar-refractivity contribution in [3.05, 3.63) is 29.8 Å². The van der Waals surface area contributed by atoms with Crippen LogP contribution in [-0.2, 0) is 4.79 Å². The quantitative estimate of drug-likeness (QED) is 0.809. The second-order valence-corrected chi connectivity index (χ2v) is 7.55. The summed E-state index contributed by atoms with van der Waals surface area (Å²) in [6.07, 6.45) is 0.493. The third-order valence-electron chi connectivity index (χ3n) is 4.31. The number of amides is 2. The lowest BCUT2D eigenvalue weighted by molar-refractivity contribution is -0.146. The molecule has 1 aliphatic rings. The lowest BCUT2D eigenvalue weighted by atomic mass is 9.90. The van der Waals surface area contributed by atoms with Crippen molar-refractivity contribution in [2.24, 2.45) is 5.41 Å². The van der Waals surface area contributed by atoms with E-state index < -0.39 is 11.4 Å². The molecule has 0 aromatic heterocycles. The summed E-state index contributed by atoms with van der Waals surface area (Å²) in [6, 6.07) is 7.85. The highest BCUT2D eigenvalue weighted by Crippen LogP contribution is 2.30. The minimum absolute atomic E-state index is 0.111. The number of benzene rings is 1. The van der Waals surface area contributed by atoms with Crippen molar-refractivity contribution in [3.63, 3.8) is 0 Å². The second-order valence-electron chi connectivity index (χ2n) is 6.21. The zero-order valence-corrected chi connectivity index (χ0v) is 14.7. The number of hydrogen-bond acceptors (Lipinski definition) is 3. The first kappa shape index (κ1) is 17.7. The van der Waals surface area contributed by atoms with E-state index in [1.54, 1.807) is 23.6 Å². The van der Waals surface area contributed by atoms with E-state index in [0.29, 0.717) is 13.0 Å². The van der Waals surface area contributed by atoms with Crippen LogP contribution in [0.2, 0.25) is 0 Å². The zero-order valence-electron chi connectivity index (χ0n) is 13.8. The maximum Gasteiger partial charge on any atom is 0.317 e. The van der Waals surface area contributed by atoms with E-state index in [-0.39, 0.29) is 18.6 Å². The van der Waals surface area contributed by atoms with Gasteiger partial charge < -0.3 is 15.3 Å². The van der Waals surface area contributed by atoms with Crippen molar-refractivity contribution < 1.29 is 14.7 Å². The Hall–Kier alpha value is -1.69. The first-order valence-corrected chi connectivity index (χ1v) is 8.86. The molecule has 2 N–H and O–H groups in total. The summed E-state index contributed by atoms with van der Waals surface area (Å²) in [5.41, 5.74) is 0.207. The van der Waals surface area contributed by atoms with Crippen molar-refractivity contribution in [1.29, 1.82) is 0 Å². The first-order chi connectivity index (χ1) is 10.9. The van der Waals surface area contributed by atoms with Crippen LogP contribution in [0, 0.1) is 5.41 Å². The Bertz CT molecular complexity index is 576. The van der Waals surface area contributed by atoms with Gasteiger partial charge in [-0.25, -0.2) is 4.79 Å². The van der Waals surface area contributed by atoms with Gasteiger partial charge in [-0.3, -0.25) is 4.79 Å². The monoisotopic (exact) mass is 336 g/mol. The molecule has 1 saturated heterocycles. The molecule has 0 spiro atoms. The van der Waals surface area contributed by atoms with Crippen LogP contribution < -0.4 is 5.32 Å². The smallest absolute Gasteiger partial charge is 0.317 e. The Morgan fingerprint density at radius 2 is 2.04 bits per heavy atom. The first-order valence-electron chi connectivity index (χ1n) is 7.87. The number of carboxylic acids is 1. The summed E-state index contributed by atoms with van der Waals surface area (Å²) in [7, 11) is 0. The Labute approximate surface area is 141 Å². The van der Waals surface area contributed by atoms with Crippen LogP contribution in [0.15, 0.2) is 29.2 Å². The summed E-state index contributed by atoms with van der Waals surface area (Å²) >= 11 is 1.78. The van der Waals surface area contributed by atoms with Crippen LogP contribution in [-0.4, -0.2) is 40.8 Å². The molecule has 2 rings (SSSR count). The molecule has 0 aliphatic carbocycles. The van der Waals surface area contributed by atoms with Gasteiger partial charge >= 0.3 is 12.0 Å². The summed E-state index contributed by atoms with van der Waals surface area (Å²) in [5, 5.41) is 12.2. The number of carbonyl (C=O) groups excluding carboxylic acids is 1. The summed E-state index contributed by atoms with van der Waals surface area (Å²) in [6.45, 7) is 6.48. The van der Waals surface area contributed by atoms with Crippen molar-refractivity contribution in [2.45, 2.75) is 38.1 Å². The molecule has 23 heavy (non-hydrogen) atoms. The van der Waals surface area contributed by atoms with Gasteiger partial charge in [0.05, 0.1) is 11.5 Å². The number of hydrogen-bond donors (Lipinski definition) is 2. The number of urea groups is 1. The molecule has 0 saturated carbocycles. The molecule has 0 radical (unpaired) electrons. The van der Waals surface area contributed by atoms with E-state index in [1.165, 1.54) is 4.90 Å². The molecule has 1 heterocycles. The van der Waals surface area contributed by atoms with Crippen molar-refractivity contribution in [2.75, 3.05) is 18.8 Å². The highest BCUT2D eigenvalue weighted by atomic mass is 32.2. The maximum absolute atomic E-state index is 12.3. The molecular weight excluding hydrogens is 312 g/mol. The Balaban J connectivity index is 1.93. The predicted octanol–water partition coefficient (Wildman–Crippen LogP) is 3.37. The molecule has 6 heteroatoms. The third kappa shape index (κ3) is 4.19. The third-order valence-corrected chi connectivity index (χ3v) is 5.20. The molecule has 2 unspecified atom stereocenters. The van der Waals surface area contributed by atoms with Crippen LogP contribution in [0.1, 0.15) is 38.8 Å². The molecule has 126 valence electrons. The van der Waals surface area contributed by atoms with Gasteiger partial charge in [-0.1, -0.05) is 19.1 Å². The van der Waals surface area contributed by atoms with Crippen molar-refractivity contribution in [1.82, 2.24) is 10.2 Å². The van der Waals surface area contributed by atoms with E-state index in [4.69, 9.17) is 0 Å². The molecule has 2 atom stereocenters. The highest BCUT2D eigenvalue weighted by Gasteiger charge is 2.42. The number of likely N-dealkylation sites (tertiary alicyclic amines) is 1. The SMILES string of the molecule is CCSc1ccc(C(C)NC(=O)N2CCC(C)(C(=O)O)C2)cc1. The fourth-order valence-electron chi connectivity index (χ4n) is 2.69. The standard InChI is InChI=1S/C17H24N2O3S/c1-4-23-14-7-5-13(6-8-14)12(2)18-16(22)19-10-9-17(3,11-19)15(20)21/h5-8,12H,4,9-11H2,1-3H3,(H,18,22)(H,20,21). The molecule has 1 aromatic rings. The highest BCUT2D eigenvalue weighted by molar-refractivity contribution is 7.99. The second kappa shape index (κ2) is 7.25. The van der Waals surface area contributed by atoms with Crippen LogP contribution in [0.4, 0.5) is 4.79 Å². The van der Waals surface area contributed by atoms with Gasteiger partial charge in [0.15, 0.2) is 0 Å². The molecule has 2 amide bonds. The van der Waals surface area contributed by atoms with E-state index in [0.717, 1.165) is 11.3 Å². The van der Waals surface area contributed by atoms with Gasteiger partial charge in [0, 0.05) is 18.0 Å². The average molecular weight is 336 g/mol. The van der Waals surface area contributed by atoms with Gasteiger partial charge in [0.2, 0.25) is 0 Å². The number of carboxylic acid groups (broad SMARTS) is 1. The lowest BCUT2D eigenvalue weighted by Gasteiger charge is -2.23. The van der Waals surface area contributed by atoms with E-state index >= 15 is 0 Å². The van der Waals surface area contributed by atoms with Crippen LogP contribution in [0.3, 0.4) is 0 Å². The lowest BCUT2D eigenvalue weighted by Crippen LogP contribution is -2.41. The summed E-state index contributed by atoms with van der Waals surface area (Å²) in [4.78, 5) is 26.4. The molecule has 1 aromatic carbocycles. The minimum Gasteiger partial charge on any atom is -0.481 e. The fourth-order valence-corrected chi connectivity index (χ4v) is 3.35. The summed E-state index contributed by atoms with van der Waals surface area (Å²) in [5.74, 6) is 0.188. The molecule has 1 fully saturated rings. The number of aliphatic carboxylic acids is 1. The number of nitrogens with one attached hydrogen (secondary N) is 1. The van der Waals surface area contributed by atoms with Gasteiger partial charge in [-0.2, -0.15) is 0 Å². The predicted molar refractivity (Wildman–Crippen MR) is 91.7 cm³/mol. The van der Waals surface area contributed by atoms with Crippen LogP contribution in [0.5, 0.6) is 0 Å². The van der Waals surface area contributed by atoms with Crippen LogP contribution >= 0.6 is 11.8 Å². The number of carbonyl (C=O) groups is 2. The van der Waals surface area contributed by atoms with Gasteiger partial charge in [-0.15, -0.1) is 11.8 Å². The summed E-state index contributed by atoms with van der Waals surface area (Å²) < 4.78 is 0. The van der Waals surface area contributed by atoms with Crippen molar-refractivity contribution >= 4 is 23.8 Å². The molecular formula is C17H24N2O3S.